The van der Waals surface area contributed by atoms with Gasteiger partial charge in [-0.3, -0.25) is 0 Å². The van der Waals surface area contributed by atoms with Crippen LogP contribution >= 0.6 is 0 Å². The number of nitrogens with two attached hydrogens (primary N) is 1. The van der Waals surface area contributed by atoms with E-state index in [9.17, 15) is 0 Å². The lowest BCUT2D eigenvalue weighted by molar-refractivity contribution is 0.241. The Hall–Kier alpha value is -1.22. The Morgan fingerprint density at radius 1 is 1.16 bits per heavy atom. The molecular formula is C16H24N2O. The lowest BCUT2D eigenvalue weighted by Crippen LogP contribution is -2.47. The van der Waals surface area contributed by atoms with E-state index < -0.39 is 0 Å². The van der Waals surface area contributed by atoms with Crippen molar-refractivity contribution < 1.29 is 4.74 Å². The summed E-state index contributed by atoms with van der Waals surface area (Å²) in [6.45, 7) is 4.16. The molecule has 0 aliphatic carbocycles. The molecular weight excluding hydrogens is 236 g/mol. The Balaban J connectivity index is 1.90. The summed E-state index contributed by atoms with van der Waals surface area (Å²) >= 11 is 0. The van der Waals surface area contributed by atoms with Crippen molar-refractivity contribution in [2.24, 2.45) is 5.73 Å². The summed E-state index contributed by atoms with van der Waals surface area (Å²) in [5.74, 6) is 1.02. The van der Waals surface area contributed by atoms with Crippen molar-refractivity contribution >= 4 is 5.69 Å². The fourth-order valence-electron chi connectivity index (χ4n) is 3.64. The maximum Gasteiger partial charge on any atom is 0.142 e. The van der Waals surface area contributed by atoms with Crippen molar-refractivity contribution in [2.45, 2.75) is 63.8 Å². The third kappa shape index (κ3) is 2.44. The second-order valence-corrected chi connectivity index (χ2v) is 6.16. The average Bonchev–Trinajstić information content (AvgIpc) is 2.62. The Bertz CT molecular complexity index is 432. The van der Waals surface area contributed by atoms with Crippen molar-refractivity contribution in [2.75, 3.05) is 4.90 Å². The summed E-state index contributed by atoms with van der Waals surface area (Å²) in [6.07, 6.45) is 4.99. The predicted molar refractivity (Wildman–Crippen MR) is 78.7 cm³/mol. The minimum absolute atomic E-state index is 0.214. The minimum atomic E-state index is 0.214. The molecule has 1 aromatic rings. The van der Waals surface area contributed by atoms with E-state index >= 15 is 0 Å². The van der Waals surface area contributed by atoms with Gasteiger partial charge in [-0.25, -0.2) is 0 Å². The summed E-state index contributed by atoms with van der Waals surface area (Å²) in [4.78, 5) is 2.57. The SMILES string of the molecule is CC(C)Oc1ccccc1N1C2CCC1CC(N)C2. The zero-order valence-electron chi connectivity index (χ0n) is 11.9. The number of hydrogen-bond donors (Lipinski definition) is 1. The zero-order chi connectivity index (χ0) is 13.4. The van der Waals surface area contributed by atoms with Gasteiger partial charge in [-0.1, -0.05) is 12.1 Å². The molecule has 0 saturated carbocycles. The number of anilines is 1. The van der Waals surface area contributed by atoms with Gasteiger partial charge in [0.05, 0.1) is 11.8 Å². The first-order chi connectivity index (χ1) is 9.15. The second-order valence-electron chi connectivity index (χ2n) is 6.16. The number of fused-ring (bicyclic) bond motifs is 2. The van der Waals surface area contributed by atoms with Gasteiger partial charge in [-0.05, 0) is 51.7 Å². The number of benzene rings is 1. The average molecular weight is 260 g/mol. The van der Waals surface area contributed by atoms with Crippen LogP contribution in [-0.4, -0.2) is 24.2 Å². The Kier molecular flexibility index (Phi) is 3.40. The van der Waals surface area contributed by atoms with Gasteiger partial charge in [-0.15, -0.1) is 0 Å². The largest absolute Gasteiger partial charge is 0.489 e. The molecule has 2 bridgehead atoms. The van der Waals surface area contributed by atoms with Crippen LogP contribution in [0.1, 0.15) is 39.5 Å². The molecule has 2 aliphatic heterocycles. The van der Waals surface area contributed by atoms with Gasteiger partial charge in [0.2, 0.25) is 0 Å². The molecule has 2 saturated heterocycles. The summed E-state index contributed by atoms with van der Waals surface area (Å²) in [5, 5.41) is 0. The maximum atomic E-state index is 6.16. The molecule has 3 rings (SSSR count). The number of ether oxygens (including phenoxy) is 1. The van der Waals surface area contributed by atoms with Crippen LogP contribution in [-0.2, 0) is 0 Å². The van der Waals surface area contributed by atoms with Gasteiger partial charge in [0, 0.05) is 18.1 Å². The molecule has 2 fully saturated rings. The summed E-state index contributed by atoms with van der Waals surface area (Å²) in [5.41, 5.74) is 7.42. The highest BCUT2D eigenvalue weighted by molar-refractivity contribution is 5.61. The van der Waals surface area contributed by atoms with Gasteiger partial charge in [0.25, 0.3) is 0 Å². The maximum absolute atomic E-state index is 6.16. The van der Waals surface area contributed by atoms with Gasteiger partial charge in [-0.2, -0.15) is 0 Å². The number of rotatable bonds is 3. The lowest BCUT2D eigenvalue weighted by atomic mass is 9.97. The van der Waals surface area contributed by atoms with Crippen molar-refractivity contribution in [3.63, 3.8) is 0 Å². The first-order valence-electron chi connectivity index (χ1n) is 7.44. The number of nitrogens with zero attached hydrogens (tertiary/aromatic N) is 1. The first kappa shape index (κ1) is 12.8. The van der Waals surface area contributed by atoms with Crippen molar-refractivity contribution in [1.82, 2.24) is 0 Å². The Morgan fingerprint density at radius 2 is 1.79 bits per heavy atom. The summed E-state index contributed by atoms with van der Waals surface area (Å²) in [7, 11) is 0. The van der Waals surface area contributed by atoms with Crippen LogP contribution in [0.4, 0.5) is 5.69 Å². The molecule has 104 valence electrons. The quantitative estimate of drug-likeness (QED) is 0.908. The molecule has 0 aromatic heterocycles. The van der Waals surface area contributed by atoms with Crippen LogP contribution in [0.3, 0.4) is 0 Å². The third-order valence-corrected chi connectivity index (χ3v) is 4.28. The number of hydrogen-bond acceptors (Lipinski definition) is 3. The molecule has 0 amide bonds. The highest BCUT2D eigenvalue weighted by Crippen LogP contribution is 2.42. The minimum Gasteiger partial charge on any atom is -0.489 e. The van der Waals surface area contributed by atoms with E-state index in [2.05, 4.69) is 43.0 Å². The van der Waals surface area contributed by atoms with Crippen LogP contribution < -0.4 is 15.4 Å². The second kappa shape index (κ2) is 5.04. The van der Waals surface area contributed by atoms with Crippen LogP contribution in [0.25, 0.3) is 0 Å². The molecule has 1 aromatic carbocycles. The predicted octanol–water partition coefficient (Wildman–Crippen LogP) is 2.93. The summed E-state index contributed by atoms with van der Waals surface area (Å²) < 4.78 is 5.98. The first-order valence-corrected chi connectivity index (χ1v) is 7.44. The van der Waals surface area contributed by atoms with E-state index in [0.29, 0.717) is 18.1 Å². The number of piperidine rings is 1. The van der Waals surface area contributed by atoms with Crippen molar-refractivity contribution in [1.29, 1.82) is 0 Å². The van der Waals surface area contributed by atoms with E-state index in [-0.39, 0.29) is 6.10 Å². The fourth-order valence-corrected chi connectivity index (χ4v) is 3.64. The van der Waals surface area contributed by atoms with E-state index in [4.69, 9.17) is 10.5 Å². The van der Waals surface area contributed by atoms with E-state index in [0.717, 1.165) is 18.6 Å². The molecule has 2 atom stereocenters. The van der Waals surface area contributed by atoms with Gasteiger partial charge < -0.3 is 15.4 Å². The van der Waals surface area contributed by atoms with Crippen molar-refractivity contribution in [3.05, 3.63) is 24.3 Å². The van der Waals surface area contributed by atoms with Gasteiger partial charge in [0.15, 0.2) is 0 Å². The summed E-state index contributed by atoms with van der Waals surface area (Å²) in [6, 6.07) is 10.0. The smallest absolute Gasteiger partial charge is 0.142 e. The molecule has 3 heteroatoms. The van der Waals surface area contributed by atoms with E-state index in [1.54, 1.807) is 0 Å². The molecule has 3 nitrogen and oxygen atoms in total. The Labute approximate surface area is 115 Å². The third-order valence-electron chi connectivity index (χ3n) is 4.28. The van der Waals surface area contributed by atoms with Crippen LogP contribution in [0, 0.1) is 0 Å². The van der Waals surface area contributed by atoms with E-state index in [1.807, 2.05) is 0 Å². The zero-order valence-corrected chi connectivity index (χ0v) is 11.9. The van der Waals surface area contributed by atoms with Crippen LogP contribution in [0.5, 0.6) is 5.75 Å². The van der Waals surface area contributed by atoms with Crippen molar-refractivity contribution in [3.8, 4) is 5.75 Å². The van der Waals surface area contributed by atoms with Gasteiger partial charge in [0.1, 0.15) is 5.75 Å². The normalized spacial score (nSPS) is 29.9. The molecule has 0 radical (unpaired) electrons. The molecule has 2 N–H and O–H groups in total. The topological polar surface area (TPSA) is 38.5 Å². The van der Waals surface area contributed by atoms with Gasteiger partial charge >= 0.3 is 0 Å². The number of para-hydroxylation sites is 2. The molecule has 2 aliphatic rings. The Morgan fingerprint density at radius 3 is 2.42 bits per heavy atom. The highest BCUT2D eigenvalue weighted by Gasteiger charge is 2.40. The van der Waals surface area contributed by atoms with Crippen LogP contribution in [0.15, 0.2) is 24.3 Å². The molecule has 2 unspecified atom stereocenters. The lowest BCUT2D eigenvalue weighted by Gasteiger charge is -2.40. The molecule has 2 heterocycles. The highest BCUT2D eigenvalue weighted by atomic mass is 16.5. The molecule has 19 heavy (non-hydrogen) atoms. The van der Waals surface area contributed by atoms with Crippen LogP contribution in [0.2, 0.25) is 0 Å². The fraction of sp³-hybridized carbons (Fsp3) is 0.625. The molecule has 0 spiro atoms. The van der Waals surface area contributed by atoms with E-state index in [1.165, 1.54) is 18.5 Å². The monoisotopic (exact) mass is 260 g/mol. The standard InChI is InChI=1S/C16H24N2O/c1-11(2)19-16-6-4-3-5-15(16)18-13-7-8-14(18)10-12(17)9-13/h3-6,11-14H,7-10,17H2,1-2H3.